The number of piperidine rings is 1. The van der Waals surface area contributed by atoms with Crippen molar-refractivity contribution in [2.75, 3.05) is 13.1 Å². The molecule has 0 aromatic heterocycles. The summed E-state index contributed by atoms with van der Waals surface area (Å²) in [5, 5.41) is 14.1. The molecule has 1 saturated heterocycles. The Bertz CT molecular complexity index is 809. The Hall–Kier alpha value is -2.40. The van der Waals surface area contributed by atoms with Gasteiger partial charge in [0, 0.05) is 19.1 Å². The number of nitrogens with one attached hydrogen (secondary N) is 1. The Balaban J connectivity index is 1.25. The average molecular weight is 397 g/mol. The summed E-state index contributed by atoms with van der Waals surface area (Å²) >= 11 is 0. The molecule has 29 heavy (non-hydrogen) atoms. The quantitative estimate of drug-likeness (QED) is 0.800. The molecule has 0 atom stereocenters. The molecule has 2 aromatic rings. The number of aliphatic hydroxyl groups is 1. The van der Waals surface area contributed by atoms with E-state index in [0.29, 0.717) is 31.8 Å². The Morgan fingerprint density at radius 1 is 0.966 bits per heavy atom. The highest BCUT2D eigenvalue weighted by Gasteiger charge is 2.35. The van der Waals surface area contributed by atoms with E-state index in [9.17, 15) is 14.3 Å². The lowest BCUT2D eigenvalue weighted by atomic mass is 9.78. The first-order valence-corrected chi connectivity index (χ1v) is 10.6. The number of benzene rings is 2. The number of urea groups is 1. The summed E-state index contributed by atoms with van der Waals surface area (Å²) in [7, 11) is 0. The predicted octanol–water partition coefficient (Wildman–Crippen LogP) is 4.55. The Kier molecular flexibility index (Phi) is 5.86. The second-order valence-corrected chi connectivity index (χ2v) is 8.43. The molecule has 0 unspecified atom stereocenters. The fraction of sp³-hybridized carbons (Fsp3) is 0.458. The van der Waals surface area contributed by atoms with Crippen LogP contribution in [-0.2, 0) is 5.60 Å². The van der Waals surface area contributed by atoms with Crippen LogP contribution < -0.4 is 5.32 Å². The van der Waals surface area contributed by atoms with Gasteiger partial charge in [-0.05, 0) is 67.7 Å². The normalized spacial score (nSPS) is 25.6. The minimum absolute atomic E-state index is 0.00212. The summed E-state index contributed by atoms with van der Waals surface area (Å²) in [4.78, 5) is 14.6. The van der Waals surface area contributed by atoms with Crippen molar-refractivity contribution >= 4 is 6.03 Å². The summed E-state index contributed by atoms with van der Waals surface area (Å²) in [6, 6.07) is 16.7. The predicted molar refractivity (Wildman–Crippen MR) is 111 cm³/mol. The van der Waals surface area contributed by atoms with Crippen LogP contribution >= 0.6 is 0 Å². The van der Waals surface area contributed by atoms with E-state index >= 15 is 0 Å². The van der Waals surface area contributed by atoms with Crippen LogP contribution in [-0.4, -0.2) is 35.2 Å². The number of amides is 2. The van der Waals surface area contributed by atoms with Gasteiger partial charge in [-0.3, -0.25) is 0 Å². The molecular formula is C24H29FN2O2. The lowest BCUT2D eigenvalue weighted by molar-refractivity contribution is -0.00780. The van der Waals surface area contributed by atoms with Crippen LogP contribution in [0.15, 0.2) is 54.6 Å². The van der Waals surface area contributed by atoms with Gasteiger partial charge >= 0.3 is 6.03 Å². The van der Waals surface area contributed by atoms with Gasteiger partial charge < -0.3 is 15.3 Å². The molecule has 1 aliphatic carbocycles. The number of hydrogen-bond donors (Lipinski definition) is 2. The molecule has 2 amide bonds. The third-order valence-electron chi connectivity index (χ3n) is 6.58. The van der Waals surface area contributed by atoms with Crippen molar-refractivity contribution in [3.63, 3.8) is 0 Å². The fourth-order valence-electron chi connectivity index (χ4n) is 4.69. The smallest absolute Gasteiger partial charge is 0.317 e. The SMILES string of the molecule is O=C(NC1CCC(O)(c2ccccc2)CC1)N1CCC(c2ccc(F)cc2)CC1. The molecule has 2 fully saturated rings. The average Bonchev–Trinajstić information content (AvgIpc) is 2.77. The van der Waals surface area contributed by atoms with E-state index in [4.69, 9.17) is 0 Å². The van der Waals surface area contributed by atoms with Crippen LogP contribution in [0.1, 0.15) is 55.6 Å². The maximum Gasteiger partial charge on any atom is 0.317 e. The number of halogens is 1. The molecule has 1 heterocycles. The van der Waals surface area contributed by atoms with Crippen molar-refractivity contribution in [1.29, 1.82) is 0 Å². The monoisotopic (exact) mass is 396 g/mol. The van der Waals surface area contributed by atoms with Gasteiger partial charge in [0.15, 0.2) is 0 Å². The van der Waals surface area contributed by atoms with Crippen molar-refractivity contribution in [2.45, 2.75) is 56.1 Å². The van der Waals surface area contributed by atoms with Gasteiger partial charge in [0.05, 0.1) is 5.60 Å². The van der Waals surface area contributed by atoms with Crippen LogP contribution in [0.2, 0.25) is 0 Å². The van der Waals surface area contributed by atoms with Crippen LogP contribution in [0.3, 0.4) is 0 Å². The van der Waals surface area contributed by atoms with Crippen molar-refractivity contribution < 1.29 is 14.3 Å². The molecule has 4 nitrogen and oxygen atoms in total. The van der Waals surface area contributed by atoms with Crippen LogP contribution in [0.25, 0.3) is 0 Å². The van der Waals surface area contributed by atoms with Crippen LogP contribution in [0.5, 0.6) is 0 Å². The van der Waals surface area contributed by atoms with Gasteiger partial charge in [-0.15, -0.1) is 0 Å². The first-order valence-electron chi connectivity index (χ1n) is 10.6. The first-order chi connectivity index (χ1) is 14.0. The van der Waals surface area contributed by atoms with E-state index in [2.05, 4.69) is 5.32 Å². The zero-order valence-corrected chi connectivity index (χ0v) is 16.7. The number of carbonyl (C=O) groups is 1. The van der Waals surface area contributed by atoms with Gasteiger partial charge in [-0.2, -0.15) is 0 Å². The molecule has 2 aliphatic rings. The number of carbonyl (C=O) groups excluding carboxylic acids is 1. The zero-order chi connectivity index (χ0) is 20.3. The number of nitrogens with zero attached hydrogens (tertiary/aromatic N) is 1. The molecule has 4 rings (SSSR count). The van der Waals surface area contributed by atoms with Crippen molar-refractivity contribution in [1.82, 2.24) is 10.2 Å². The second kappa shape index (κ2) is 8.54. The summed E-state index contributed by atoms with van der Waals surface area (Å²) in [6.07, 6.45) is 4.69. The molecule has 0 radical (unpaired) electrons. The molecule has 2 aromatic carbocycles. The third kappa shape index (κ3) is 4.61. The second-order valence-electron chi connectivity index (χ2n) is 8.43. The maximum atomic E-state index is 13.1. The highest BCUT2D eigenvalue weighted by Crippen LogP contribution is 2.37. The minimum atomic E-state index is -0.782. The lowest BCUT2D eigenvalue weighted by Gasteiger charge is -2.38. The van der Waals surface area contributed by atoms with Crippen molar-refractivity contribution in [3.8, 4) is 0 Å². The van der Waals surface area contributed by atoms with Crippen LogP contribution in [0, 0.1) is 5.82 Å². The largest absolute Gasteiger partial charge is 0.385 e. The molecule has 1 saturated carbocycles. The topological polar surface area (TPSA) is 52.6 Å². The van der Waals surface area contributed by atoms with E-state index in [-0.39, 0.29) is 17.9 Å². The van der Waals surface area contributed by atoms with E-state index in [0.717, 1.165) is 36.8 Å². The molecule has 2 N–H and O–H groups in total. The Morgan fingerprint density at radius 3 is 2.21 bits per heavy atom. The number of rotatable bonds is 3. The zero-order valence-electron chi connectivity index (χ0n) is 16.7. The lowest BCUT2D eigenvalue weighted by Crippen LogP contribution is -2.49. The fourth-order valence-corrected chi connectivity index (χ4v) is 4.69. The maximum absolute atomic E-state index is 13.1. The van der Waals surface area contributed by atoms with E-state index in [1.165, 1.54) is 12.1 Å². The van der Waals surface area contributed by atoms with Crippen molar-refractivity contribution in [3.05, 3.63) is 71.5 Å². The van der Waals surface area contributed by atoms with Gasteiger partial charge in [0.1, 0.15) is 5.82 Å². The minimum Gasteiger partial charge on any atom is -0.385 e. The van der Waals surface area contributed by atoms with E-state index in [1.54, 1.807) is 0 Å². The Morgan fingerprint density at radius 2 is 1.59 bits per heavy atom. The standard InChI is InChI=1S/C24H29FN2O2/c25-21-8-6-18(7-9-21)19-12-16-27(17-13-19)23(28)26-22-10-14-24(29,15-11-22)20-4-2-1-3-5-20/h1-9,19,22,29H,10-17H2,(H,26,28). The molecule has 5 heteroatoms. The molecule has 0 spiro atoms. The third-order valence-corrected chi connectivity index (χ3v) is 6.58. The van der Waals surface area contributed by atoms with Gasteiger partial charge in [-0.1, -0.05) is 42.5 Å². The van der Waals surface area contributed by atoms with Gasteiger partial charge in [0.2, 0.25) is 0 Å². The summed E-state index contributed by atoms with van der Waals surface area (Å²) < 4.78 is 13.1. The molecular weight excluding hydrogens is 367 g/mol. The van der Waals surface area contributed by atoms with Crippen LogP contribution in [0.4, 0.5) is 9.18 Å². The summed E-state index contributed by atoms with van der Waals surface area (Å²) in [6.45, 7) is 1.43. The van der Waals surface area contributed by atoms with E-state index < -0.39 is 5.60 Å². The highest BCUT2D eigenvalue weighted by molar-refractivity contribution is 5.74. The summed E-state index contributed by atoms with van der Waals surface area (Å²) in [5.41, 5.74) is 1.34. The van der Waals surface area contributed by atoms with E-state index in [1.807, 2.05) is 47.4 Å². The summed E-state index contributed by atoms with van der Waals surface area (Å²) in [5.74, 6) is 0.174. The number of hydrogen-bond acceptors (Lipinski definition) is 2. The highest BCUT2D eigenvalue weighted by atomic mass is 19.1. The van der Waals surface area contributed by atoms with Crippen molar-refractivity contribution in [2.24, 2.45) is 0 Å². The number of likely N-dealkylation sites (tertiary alicyclic amines) is 1. The first kappa shape index (κ1) is 19.9. The molecule has 1 aliphatic heterocycles. The Labute approximate surface area is 171 Å². The molecule has 0 bridgehead atoms. The van der Waals surface area contributed by atoms with Gasteiger partial charge in [0.25, 0.3) is 0 Å². The molecule has 154 valence electrons. The van der Waals surface area contributed by atoms with Gasteiger partial charge in [-0.25, -0.2) is 9.18 Å².